The Morgan fingerprint density at radius 2 is 0.772 bits per heavy atom. The number of carbonyl (C=O) groups excluding carboxylic acids is 3. The van der Waals surface area contributed by atoms with Crippen molar-refractivity contribution in [2.75, 3.05) is 141 Å². The van der Waals surface area contributed by atoms with E-state index in [0.29, 0.717) is 88.7 Å². The Kier molecular flexibility index (Phi) is 29.2. The Morgan fingerprint density at radius 1 is 0.439 bits per heavy atom. The maximum absolute atomic E-state index is 13.4. The summed E-state index contributed by atoms with van der Waals surface area (Å²) in [6, 6.07) is 34.4. The Balaban J connectivity index is 0.000000168. The van der Waals surface area contributed by atoms with Crippen molar-refractivity contribution in [3.63, 3.8) is 0 Å². The van der Waals surface area contributed by atoms with Gasteiger partial charge in [0.25, 0.3) is 11.4 Å². The van der Waals surface area contributed by atoms with Crippen molar-refractivity contribution in [1.29, 1.82) is 0 Å². The van der Waals surface area contributed by atoms with Gasteiger partial charge in [-0.2, -0.15) is 18.7 Å². The number of ether oxygens (including phenoxy) is 3. The molecule has 4 aromatic heterocycles. The number of amides is 3. The Bertz CT molecular complexity index is 4750. The molecule has 13 rings (SSSR count). The molecule has 8 heterocycles. The van der Waals surface area contributed by atoms with Gasteiger partial charge in [-0.3, -0.25) is 20.2 Å². The first-order chi connectivity index (χ1) is 53.8. The molecule has 34 heteroatoms. The van der Waals surface area contributed by atoms with Gasteiger partial charge in [0.1, 0.15) is 29.5 Å². The average Bonchev–Trinajstić information content (AvgIpc) is 1.33. The molecule has 4 saturated heterocycles. The Labute approximate surface area is 671 Å². The van der Waals surface area contributed by atoms with Crippen LogP contribution in [0.2, 0.25) is 0 Å². The predicted molar refractivity (Wildman–Crippen MR) is 441 cm³/mol. The lowest BCUT2D eigenvalue weighted by Crippen LogP contribution is -2.50. The van der Waals surface area contributed by atoms with Crippen LogP contribution in [0.25, 0.3) is 11.4 Å². The number of nitrogens with zero attached hydrogens (tertiary/aromatic N) is 17. The van der Waals surface area contributed by atoms with Crippen LogP contribution in [0.15, 0.2) is 145 Å². The largest absolute Gasteiger partial charge is 0.444 e. The van der Waals surface area contributed by atoms with E-state index in [-0.39, 0.29) is 34.6 Å². The highest BCUT2D eigenvalue weighted by Gasteiger charge is 2.30. The summed E-state index contributed by atoms with van der Waals surface area (Å²) in [6.45, 7) is 38.4. The molecule has 114 heavy (non-hydrogen) atoms. The molecule has 0 aliphatic carbocycles. The van der Waals surface area contributed by atoms with Crippen LogP contribution in [-0.2, 0) is 14.2 Å². The van der Waals surface area contributed by atoms with Crippen LogP contribution in [0.4, 0.5) is 86.2 Å². The van der Waals surface area contributed by atoms with Gasteiger partial charge in [-0.25, -0.2) is 33.7 Å². The van der Waals surface area contributed by atoms with Crippen molar-refractivity contribution < 1.29 is 47.2 Å². The number of nitro benzene ring substituents is 2. The molecule has 4 aliphatic heterocycles. The quantitative estimate of drug-likeness (QED) is 0.0290. The highest BCUT2D eigenvalue weighted by molar-refractivity contribution is 9.10. The first-order valence-corrected chi connectivity index (χ1v) is 38.2. The molecule has 4 fully saturated rings. The summed E-state index contributed by atoms with van der Waals surface area (Å²) in [6.07, 6.45) is 5.03. The zero-order valence-corrected chi connectivity index (χ0v) is 68.6. The molecule has 9 aromatic rings. The highest BCUT2D eigenvalue weighted by atomic mass is 79.9. The van der Waals surface area contributed by atoms with Crippen LogP contribution in [0.5, 0.6) is 0 Å². The third-order valence-electron chi connectivity index (χ3n) is 17.5. The third-order valence-corrected chi connectivity index (χ3v) is 18.0. The second kappa shape index (κ2) is 38.6. The molecule has 0 saturated carbocycles. The average molecular weight is 1640 g/mol. The van der Waals surface area contributed by atoms with E-state index in [1.54, 1.807) is 45.3 Å². The van der Waals surface area contributed by atoms with Gasteiger partial charge in [0.15, 0.2) is 0 Å². The Hall–Kier alpha value is -11.8. The maximum atomic E-state index is 13.4. The minimum atomic E-state index is -0.576. The van der Waals surface area contributed by atoms with Gasteiger partial charge < -0.3 is 70.2 Å². The number of non-ortho nitro benzene ring substituents is 2. The van der Waals surface area contributed by atoms with E-state index in [2.05, 4.69) is 119 Å². The van der Waals surface area contributed by atoms with Gasteiger partial charge >= 0.3 is 18.3 Å². The fourth-order valence-electron chi connectivity index (χ4n) is 12.4. The number of aryl methyl sites for hydroxylation is 5. The van der Waals surface area contributed by atoms with Crippen LogP contribution in [0, 0.1) is 66.7 Å². The first kappa shape index (κ1) is 86.2. The van der Waals surface area contributed by atoms with E-state index in [1.807, 2.05) is 126 Å². The van der Waals surface area contributed by atoms with E-state index in [4.69, 9.17) is 19.9 Å². The number of anilines is 9. The predicted octanol–water partition coefficient (Wildman–Crippen LogP) is 14.4. The molecule has 0 radical (unpaired) electrons. The van der Waals surface area contributed by atoms with Crippen molar-refractivity contribution in [3.8, 4) is 11.4 Å². The normalized spacial score (nSPS) is 14.4. The number of piperazine rings is 4. The number of hydrogen-bond donors (Lipinski definition) is 4. The molecule has 5 aromatic carbocycles. The van der Waals surface area contributed by atoms with Gasteiger partial charge in [-0.1, -0.05) is 15.9 Å². The van der Waals surface area contributed by atoms with Crippen molar-refractivity contribution in [3.05, 3.63) is 205 Å². The van der Waals surface area contributed by atoms with E-state index in [9.17, 15) is 43.4 Å². The fourth-order valence-corrected chi connectivity index (χ4v) is 13.0. The zero-order chi connectivity index (χ0) is 82.8. The van der Waals surface area contributed by atoms with Gasteiger partial charge in [0.2, 0.25) is 23.8 Å². The smallest absolute Gasteiger partial charge is 0.410 e. The topological polar surface area (TPSA) is 337 Å². The van der Waals surface area contributed by atoms with Crippen molar-refractivity contribution in [2.45, 2.75) is 114 Å². The summed E-state index contributed by atoms with van der Waals surface area (Å²) in [5.74, 6) is -0.267. The molecule has 608 valence electrons. The van der Waals surface area contributed by atoms with E-state index in [1.165, 1.54) is 63.6 Å². The number of nitrogens with two attached hydrogens (primary N) is 1. The molecule has 0 spiro atoms. The zero-order valence-electron chi connectivity index (χ0n) is 67.0. The molecule has 31 nitrogen and oxygen atoms in total. The third kappa shape index (κ3) is 27.0. The summed E-state index contributed by atoms with van der Waals surface area (Å²) < 4.78 is 46.7. The number of nitro groups is 2. The Morgan fingerprint density at radius 3 is 1.12 bits per heavy atom. The van der Waals surface area contributed by atoms with Crippen LogP contribution >= 0.6 is 15.9 Å². The fraction of sp³-hybridized carbons (Fsp3) is 0.412. The van der Waals surface area contributed by atoms with Crippen LogP contribution in [0.3, 0.4) is 0 Å². The minimum absolute atomic E-state index is 0.0922. The first-order valence-electron chi connectivity index (χ1n) is 37.4. The number of nitrogens with one attached hydrogen (secondary N) is 3. The number of pyridine rings is 2. The van der Waals surface area contributed by atoms with Crippen molar-refractivity contribution in [2.24, 2.45) is 0 Å². The minimum Gasteiger partial charge on any atom is -0.444 e. The monoisotopic (exact) mass is 1630 g/mol. The van der Waals surface area contributed by atoms with Gasteiger partial charge in [-0.15, -0.1) is 10.2 Å². The summed E-state index contributed by atoms with van der Waals surface area (Å²) in [7, 11) is 0. The number of carbonyl (C=O) groups is 3. The molecular weight excluding hydrogens is 1530 g/mol. The SMILES string of the molecule is Cc1cc(Br)cc([N+](=O)[O-])c1.Cc1cc(N)cc(N2CCN(C(=O)OC(C)(C)C)CC2)c1.Cc1cc(N2CCN(C(=O)OC(C)(C)C)CC2)cc([N+](=O)[O-])c1.Cc1cc(Nc2ncn(-c3ccnc(F)c3)n2)cc(N2CCN(C(=O)OC(C)(C)C)CC2)c1.Cc1cc(Nc2ncn(-c3ccnc(F)c3)n2)cc(N2CCNCC2)c1. The highest BCUT2D eigenvalue weighted by Crippen LogP contribution is 2.31. The van der Waals surface area contributed by atoms with Crippen LogP contribution in [-0.4, -0.2) is 204 Å². The molecule has 0 unspecified atom stereocenters. The number of rotatable bonds is 12. The lowest BCUT2D eigenvalue weighted by atomic mass is 10.1. The number of nitrogen functional groups attached to an aromatic ring is 1. The van der Waals surface area contributed by atoms with Crippen LogP contribution in [0.1, 0.15) is 90.1 Å². The van der Waals surface area contributed by atoms with E-state index < -0.39 is 33.6 Å². The summed E-state index contributed by atoms with van der Waals surface area (Å²) >= 11 is 3.18. The molecular formula is C80H102BrF2N21O10. The van der Waals surface area contributed by atoms with Gasteiger partial charge in [-0.05, 0) is 204 Å². The summed E-state index contributed by atoms with van der Waals surface area (Å²) in [4.78, 5) is 86.6. The summed E-state index contributed by atoms with van der Waals surface area (Å²) in [5.41, 5.74) is 17.6. The molecule has 4 aliphatic rings. The second-order valence-electron chi connectivity index (χ2n) is 30.8. The van der Waals surface area contributed by atoms with Crippen molar-refractivity contribution in [1.82, 2.24) is 59.5 Å². The van der Waals surface area contributed by atoms with Gasteiger partial charge in [0.05, 0.1) is 21.2 Å². The standard InChI is InChI=1S/C23H28FN7O2.C18H20FN7.C16H23N3O4.C16H25N3O2.C7H6BrNO2/c1-16-11-17(27-21-26-15-31(28-21)18-5-6-25-20(24)14-18)13-19(12-16)29-7-9-30(10-8-29)22(32)33-23(2,3)4;1-13-8-14(10-16(9-13)25-6-4-20-5-7-25)23-18-22-12-26(24-18)15-2-3-21-17(19)11-15;1-12-9-13(11-14(10-12)19(21)22)17-5-7-18(8-6-17)15(20)23-16(2,3)4;1-12-9-13(17)11-14(10-12)18-5-7-19(8-6-18)15(20)21-16(2,3)4;1-5-2-6(8)4-7(3-5)9(10)11/h5-6,11-15H,7-10H2,1-4H3,(H,27,28);2-3,8-12,20H,4-7H2,1H3,(H,23,24);9-11H,5-8H2,1-4H3;9-11H,5-8,17H2,1-4H3;2-4H,1H3. The number of halogens is 3. The molecule has 0 bridgehead atoms. The number of benzene rings is 5. The number of hydrogen-bond acceptors (Lipinski definition) is 24. The number of aromatic nitrogens is 8. The second-order valence-corrected chi connectivity index (χ2v) is 31.7. The summed E-state index contributed by atoms with van der Waals surface area (Å²) in [5, 5.41) is 39.8. The van der Waals surface area contributed by atoms with E-state index >= 15 is 0 Å². The lowest BCUT2D eigenvalue weighted by Gasteiger charge is -2.37. The van der Waals surface area contributed by atoms with E-state index in [0.717, 1.165) is 100 Å². The van der Waals surface area contributed by atoms with Crippen LogP contribution < -0.4 is 41.3 Å². The van der Waals surface area contributed by atoms with Gasteiger partial charge in [0, 0.05) is 198 Å². The lowest BCUT2D eigenvalue weighted by molar-refractivity contribution is -0.385. The van der Waals surface area contributed by atoms with Crippen molar-refractivity contribution >= 4 is 97.3 Å². The molecule has 3 amide bonds. The molecule has 0 atom stereocenters. The maximum Gasteiger partial charge on any atom is 0.410 e. The molecule has 5 N–H and O–H groups in total.